The van der Waals surface area contributed by atoms with Crippen LogP contribution in [0.15, 0.2) is 35.3 Å². The van der Waals surface area contributed by atoms with Crippen molar-refractivity contribution >= 4 is 10.9 Å². The second-order valence-corrected chi connectivity index (χ2v) is 3.06. The van der Waals surface area contributed by atoms with Crippen molar-refractivity contribution in [2.24, 2.45) is 0 Å². The monoisotopic (exact) mass is 203 g/mol. The van der Waals surface area contributed by atoms with Crippen molar-refractivity contribution in [3.63, 3.8) is 0 Å². The molecule has 0 aromatic carbocycles. The number of nitrogens with one attached hydrogen (secondary N) is 1. The van der Waals surface area contributed by atoms with E-state index in [0.29, 0.717) is 22.5 Å². The van der Waals surface area contributed by atoms with E-state index in [1.165, 1.54) is 12.5 Å². The van der Waals surface area contributed by atoms with Crippen LogP contribution in [-0.2, 0) is 0 Å². The molecule has 15 heavy (non-hydrogen) atoms. The average Bonchev–Trinajstić information content (AvgIpc) is 2.88. The summed E-state index contributed by atoms with van der Waals surface area (Å²) < 4.78 is 18.4. The molecule has 0 radical (unpaired) electrons. The molecule has 0 amide bonds. The SMILES string of the molecule is Fc1cnc(-c2ncco2)c2[nH]ccc12. The van der Waals surface area contributed by atoms with E-state index in [0.717, 1.165) is 6.20 Å². The molecule has 1 N–H and O–H groups in total. The Morgan fingerprint density at radius 3 is 3.07 bits per heavy atom. The molecule has 0 atom stereocenters. The average molecular weight is 203 g/mol. The standard InChI is InChI=1S/C10H6FN3O/c11-7-5-14-9(10-13-3-4-15-10)8-6(7)1-2-12-8/h1-5,12H. The van der Waals surface area contributed by atoms with E-state index >= 15 is 0 Å². The third-order valence-corrected chi connectivity index (χ3v) is 2.18. The minimum Gasteiger partial charge on any atom is -0.443 e. The largest absolute Gasteiger partial charge is 0.443 e. The zero-order chi connectivity index (χ0) is 10.3. The van der Waals surface area contributed by atoms with Crippen LogP contribution in [0.25, 0.3) is 22.5 Å². The van der Waals surface area contributed by atoms with Gasteiger partial charge in [-0.05, 0) is 6.07 Å². The second kappa shape index (κ2) is 2.91. The molecule has 3 heterocycles. The molecule has 74 valence electrons. The molecule has 0 aliphatic rings. The van der Waals surface area contributed by atoms with Gasteiger partial charge < -0.3 is 9.40 Å². The summed E-state index contributed by atoms with van der Waals surface area (Å²) in [6.45, 7) is 0. The lowest BCUT2D eigenvalue weighted by atomic mass is 10.2. The molecular formula is C10H6FN3O. The van der Waals surface area contributed by atoms with Gasteiger partial charge in [0.15, 0.2) is 5.82 Å². The fourth-order valence-electron chi connectivity index (χ4n) is 1.52. The van der Waals surface area contributed by atoms with Crippen molar-refractivity contribution in [3.05, 3.63) is 36.7 Å². The second-order valence-electron chi connectivity index (χ2n) is 3.06. The molecule has 3 aromatic heterocycles. The fraction of sp³-hybridized carbons (Fsp3) is 0. The van der Waals surface area contributed by atoms with Gasteiger partial charge in [-0.2, -0.15) is 0 Å². The number of rotatable bonds is 1. The maximum atomic E-state index is 13.3. The predicted molar refractivity (Wildman–Crippen MR) is 51.5 cm³/mol. The first kappa shape index (κ1) is 8.16. The summed E-state index contributed by atoms with van der Waals surface area (Å²) >= 11 is 0. The molecule has 4 nitrogen and oxygen atoms in total. The highest BCUT2D eigenvalue weighted by molar-refractivity contribution is 5.90. The number of hydrogen-bond donors (Lipinski definition) is 1. The first-order valence-electron chi connectivity index (χ1n) is 4.38. The molecular weight excluding hydrogens is 197 g/mol. The van der Waals surface area contributed by atoms with Crippen LogP contribution < -0.4 is 0 Å². The van der Waals surface area contributed by atoms with Crippen molar-refractivity contribution in [1.82, 2.24) is 15.0 Å². The number of oxazole rings is 1. The minimum absolute atomic E-state index is 0.360. The molecule has 0 bridgehead atoms. The number of fused-ring (bicyclic) bond motifs is 1. The Kier molecular flexibility index (Phi) is 1.58. The lowest BCUT2D eigenvalue weighted by molar-refractivity contribution is 0.572. The van der Waals surface area contributed by atoms with Crippen molar-refractivity contribution in [3.8, 4) is 11.6 Å². The highest BCUT2D eigenvalue weighted by atomic mass is 19.1. The number of nitrogens with zero attached hydrogens (tertiary/aromatic N) is 2. The van der Waals surface area contributed by atoms with Gasteiger partial charge in [0.2, 0.25) is 5.89 Å². The Balaban J connectivity index is 2.37. The number of aromatic amines is 1. The zero-order valence-electron chi connectivity index (χ0n) is 7.57. The fourth-order valence-corrected chi connectivity index (χ4v) is 1.52. The Morgan fingerprint density at radius 1 is 1.33 bits per heavy atom. The third kappa shape index (κ3) is 1.13. The molecule has 3 rings (SSSR count). The number of pyridine rings is 1. The van der Waals surface area contributed by atoms with Crippen LogP contribution in [0.3, 0.4) is 0 Å². The van der Waals surface area contributed by atoms with Crippen LogP contribution in [0.1, 0.15) is 0 Å². The molecule has 0 saturated heterocycles. The van der Waals surface area contributed by atoms with Gasteiger partial charge in [0.1, 0.15) is 12.0 Å². The summed E-state index contributed by atoms with van der Waals surface area (Å²) in [5.74, 6) is 0.0176. The number of aromatic nitrogens is 3. The highest BCUT2D eigenvalue weighted by Crippen LogP contribution is 2.25. The molecule has 0 fully saturated rings. The molecule has 0 aliphatic heterocycles. The summed E-state index contributed by atoms with van der Waals surface area (Å²) in [6, 6.07) is 1.65. The molecule has 0 saturated carbocycles. The van der Waals surface area contributed by atoms with Gasteiger partial charge in [-0.15, -0.1) is 0 Å². The first-order valence-corrected chi connectivity index (χ1v) is 4.38. The quantitative estimate of drug-likeness (QED) is 0.660. The molecule has 0 spiro atoms. The minimum atomic E-state index is -0.360. The lowest BCUT2D eigenvalue weighted by Crippen LogP contribution is -1.88. The topological polar surface area (TPSA) is 54.7 Å². The summed E-state index contributed by atoms with van der Waals surface area (Å²) in [5.41, 5.74) is 1.11. The van der Waals surface area contributed by atoms with Crippen molar-refractivity contribution in [1.29, 1.82) is 0 Å². The maximum Gasteiger partial charge on any atom is 0.247 e. The van der Waals surface area contributed by atoms with Crippen LogP contribution in [0.4, 0.5) is 4.39 Å². The van der Waals surface area contributed by atoms with Gasteiger partial charge in [0.05, 0.1) is 17.9 Å². The van der Waals surface area contributed by atoms with Crippen molar-refractivity contribution in [2.75, 3.05) is 0 Å². The van der Waals surface area contributed by atoms with E-state index in [1.54, 1.807) is 12.3 Å². The van der Waals surface area contributed by atoms with Crippen LogP contribution in [-0.4, -0.2) is 15.0 Å². The smallest absolute Gasteiger partial charge is 0.247 e. The Hall–Kier alpha value is -2.17. The van der Waals surface area contributed by atoms with E-state index in [4.69, 9.17) is 4.42 Å². The number of halogens is 1. The maximum absolute atomic E-state index is 13.3. The summed E-state index contributed by atoms with van der Waals surface area (Å²) in [4.78, 5) is 10.8. The van der Waals surface area contributed by atoms with E-state index < -0.39 is 0 Å². The van der Waals surface area contributed by atoms with Crippen LogP contribution in [0, 0.1) is 5.82 Å². The van der Waals surface area contributed by atoms with E-state index in [1.807, 2.05) is 0 Å². The lowest BCUT2D eigenvalue weighted by Gasteiger charge is -1.97. The van der Waals surface area contributed by atoms with Gasteiger partial charge in [0.25, 0.3) is 0 Å². The van der Waals surface area contributed by atoms with Gasteiger partial charge in [-0.1, -0.05) is 0 Å². The summed E-state index contributed by atoms with van der Waals surface area (Å²) in [7, 11) is 0. The predicted octanol–water partition coefficient (Wildman–Crippen LogP) is 2.36. The zero-order valence-corrected chi connectivity index (χ0v) is 7.57. The van der Waals surface area contributed by atoms with Crippen LogP contribution in [0.2, 0.25) is 0 Å². The van der Waals surface area contributed by atoms with Gasteiger partial charge in [-0.25, -0.2) is 14.4 Å². The number of hydrogen-bond acceptors (Lipinski definition) is 3. The van der Waals surface area contributed by atoms with Gasteiger partial charge >= 0.3 is 0 Å². The van der Waals surface area contributed by atoms with Crippen LogP contribution >= 0.6 is 0 Å². The first-order chi connectivity index (χ1) is 7.36. The van der Waals surface area contributed by atoms with Gasteiger partial charge in [0, 0.05) is 11.6 Å². The molecule has 0 unspecified atom stereocenters. The van der Waals surface area contributed by atoms with Gasteiger partial charge in [-0.3, -0.25) is 0 Å². The Labute approximate surface area is 83.8 Å². The van der Waals surface area contributed by atoms with E-state index in [2.05, 4.69) is 15.0 Å². The third-order valence-electron chi connectivity index (χ3n) is 2.18. The van der Waals surface area contributed by atoms with E-state index in [-0.39, 0.29) is 5.82 Å². The van der Waals surface area contributed by atoms with Crippen LogP contribution in [0.5, 0.6) is 0 Å². The Morgan fingerprint density at radius 2 is 2.27 bits per heavy atom. The molecule has 3 aromatic rings. The summed E-state index contributed by atoms with van der Waals surface area (Å²) in [6.07, 6.45) is 5.79. The Bertz CT molecular complexity index is 600. The van der Waals surface area contributed by atoms with Crippen molar-refractivity contribution < 1.29 is 8.81 Å². The summed E-state index contributed by atoms with van der Waals surface area (Å²) in [5, 5.41) is 0.484. The van der Waals surface area contributed by atoms with Crippen molar-refractivity contribution in [2.45, 2.75) is 0 Å². The van der Waals surface area contributed by atoms with E-state index in [9.17, 15) is 4.39 Å². The highest BCUT2D eigenvalue weighted by Gasteiger charge is 2.12. The molecule has 5 heteroatoms. The molecule has 0 aliphatic carbocycles. The number of H-pyrrole nitrogens is 1. The normalized spacial score (nSPS) is 11.0.